The Kier molecular flexibility index (Phi) is 6.38. The minimum atomic E-state index is -0.130. The predicted octanol–water partition coefficient (Wildman–Crippen LogP) is 3.27. The number of hydrogen-bond donors (Lipinski definition) is 2. The second-order valence-electron chi connectivity index (χ2n) is 8.34. The number of pyridine rings is 1. The van der Waals surface area contributed by atoms with Gasteiger partial charge in [0, 0.05) is 73.5 Å². The van der Waals surface area contributed by atoms with Gasteiger partial charge in [0.25, 0.3) is 5.56 Å². The van der Waals surface area contributed by atoms with Gasteiger partial charge in [-0.3, -0.25) is 4.79 Å². The monoisotopic (exact) mass is 472 g/mol. The summed E-state index contributed by atoms with van der Waals surface area (Å²) in [6.07, 6.45) is 3.56. The maximum Gasteiger partial charge on any atom is 0.253 e. The molecule has 2 N–H and O–H groups in total. The number of piperazine rings is 1. The van der Waals surface area contributed by atoms with E-state index < -0.39 is 0 Å². The molecule has 0 radical (unpaired) electrons. The highest BCUT2D eigenvalue weighted by Crippen LogP contribution is 2.31. The second kappa shape index (κ2) is 9.92. The SMILES string of the molecule is COc1cc2cc(CNc3ccc(N4CCN(c5ncccn5)CC4)cc3)c(=O)[nH]c2cc1OC. The molecule has 3 heterocycles. The van der Waals surface area contributed by atoms with Crippen molar-refractivity contribution in [2.75, 3.05) is 55.5 Å². The zero-order valence-electron chi connectivity index (χ0n) is 19.8. The van der Waals surface area contributed by atoms with Crippen LogP contribution in [-0.4, -0.2) is 55.4 Å². The van der Waals surface area contributed by atoms with Gasteiger partial charge < -0.3 is 29.6 Å². The number of nitrogens with zero attached hydrogens (tertiary/aromatic N) is 4. The number of H-pyrrole nitrogens is 1. The van der Waals surface area contributed by atoms with E-state index in [0.717, 1.165) is 43.2 Å². The number of aromatic nitrogens is 3. The average Bonchev–Trinajstić information content (AvgIpc) is 2.92. The van der Waals surface area contributed by atoms with Crippen LogP contribution in [0.2, 0.25) is 0 Å². The summed E-state index contributed by atoms with van der Waals surface area (Å²) in [6, 6.07) is 15.7. The maximum absolute atomic E-state index is 12.6. The Bertz CT molecular complexity index is 1350. The van der Waals surface area contributed by atoms with Gasteiger partial charge in [0.15, 0.2) is 11.5 Å². The molecule has 1 fully saturated rings. The summed E-state index contributed by atoms with van der Waals surface area (Å²) < 4.78 is 10.7. The molecule has 0 atom stereocenters. The Labute approximate surface area is 203 Å². The van der Waals surface area contributed by atoms with Crippen LogP contribution in [0.25, 0.3) is 10.9 Å². The molecule has 0 amide bonds. The summed E-state index contributed by atoms with van der Waals surface area (Å²) in [6.45, 7) is 3.99. The Morgan fingerprint density at radius 3 is 2.26 bits per heavy atom. The first-order valence-electron chi connectivity index (χ1n) is 11.5. The number of ether oxygens (including phenoxy) is 2. The van der Waals surface area contributed by atoms with Gasteiger partial charge in [-0.1, -0.05) is 0 Å². The van der Waals surface area contributed by atoms with E-state index in [9.17, 15) is 4.79 Å². The smallest absolute Gasteiger partial charge is 0.253 e. The molecule has 4 aromatic rings. The topological polar surface area (TPSA) is 95.6 Å². The first-order chi connectivity index (χ1) is 17.1. The highest BCUT2D eigenvalue weighted by atomic mass is 16.5. The summed E-state index contributed by atoms with van der Waals surface area (Å²) in [7, 11) is 3.17. The average molecular weight is 473 g/mol. The van der Waals surface area contributed by atoms with Gasteiger partial charge in [-0.2, -0.15) is 0 Å². The molecule has 1 aliphatic heterocycles. The first-order valence-corrected chi connectivity index (χ1v) is 11.5. The number of nitrogens with one attached hydrogen (secondary N) is 2. The lowest BCUT2D eigenvalue weighted by Crippen LogP contribution is -2.47. The molecule has 0 spiro atoms. The number of hydrogen-bond acceptors (Lipinski definition) is 8. The first kappa shape index (κ1) is 22.5. The van der Waals surface area contributed by atoms with Crippen LogP contribution in [0.5, 0.6) is 11.5 Å². The van der Waals surface area contributed by atoms with Crippen molar-refractivity contribution < 1.29 is 9.47 Å². The van der Waals surface area contributed by atoms with Gasteiger partial charge in [-0.05, 0) is 42.5 Å². The molecular formula is C26H28N6O3. The van der Waals surface area contributed by atoms with E-state index in [1.54, 1.807) is 32.7 Å². The van der Waals surface area contributed by atoms with Crippen LogP contribution >= 0.6 is 0 Å². The molecule has 5 rings (SSSR count). The summed E-state index contributed by atoms with van der Waals surface area (Å²) >= 11 is 0. The largest absolute Gasteiger partial charge is 0.493 e. The third-order valence-corrected chi connectivity index (χ3v) is 6.26. The lowest BCUT2D eigenvalue weighted by Gasteiger charge is -2.36. The second-order valence-corrected chi connectivity index (χ2v) is 8.34. The number of anilines is 3. The molecule has 1 aliphatic rings. The van der Waals surface area contributed by atoms with E-state index in [-0.39, 0.29) is 5.56 Å². The summed E-state index contributed by atoms with van der Waals surface area (Å²) in [5.41, 5.74) is 3.35. The zero-order valence-corrected chi connectivity index (χ0v) is 19.8. The molecule has 2 aromatic heterocycles. The van der Waals surface area contributed by atoms with Crippen LogP contribution in [-0.2, 0) is 6.54 Å². The van der Waals surface area contributed by atoms with E-state index >= 15 is 0 Å². The molecule has 0 unspecified atom stereocenters. The third-order valence-electron chi connectivity index (χ3n) is 6.26. The summed E-state index contributed by atoms with van der Waals surface area (Å²) in [5.74, 6) is 1.99. The maximum atomic E-state index is 12.6. The summed E-state index contributed by atoms with van der Waals surface area (Å²) in [4.78, 5) is 28.8. The van der Waals surface area contributed by atoms with Crippen molar-refractivity contribution in [3.05, 3.63) is 76.8 Å². The van der Waals surface area contributed by atoms with Crippen molar-refractivity contribution in [3.8, 4) is 11.5 Å². The fraction of sp³-hybridized carbons (Fsp3) is 0.269. The van der Waals surface area contributed by atoms with Gasteiger partial charge in [0.2, 0.25) is 5.95 Å². The lowest BCUT2D eigenvalue weighted by molar-refractivity contribution is 0.356. The molecule has 9 nitrogen and oxygen atoms in total. The molecule has 180 valence electrons. The van der Waals surface area contributed by atoms with Crippen LogP contribution in [0.4, 0.5) is 17.3 Å². The predicted molar refractivity (Wildman–Crippen MR) is 138 cm³/mol. The Morgan fingerprint density at radius 1 is 0.914 bits per heavy atom. The quantitative estimate of drug-likeness (QED) is 0.423. The van der Waals surface area contributed by atoms with Gasteiger partial charge >= 0.3 is 0 Å². The molecule has 35 heavy (non-hydrogen) atoms. The normalized spacial score (nSPS) is 13.7. The Balaban J connectivity index is 1.22. The van der Waals surface area contributed by atoms with Gasteiger partial charge in [0.05, 0.1) is 19.7 Å². The van der Waals surface area contributed by atoms with E-state index in [1.807, 2.05) is 30.3 Å². The molecule has 0 aliphatic carbocycles. The molecule has 0 bridgehead atoms. The van der Waals surface area contributed by atoms with E-state index in [4.69, 9.17) is 9.47 Å². The number of rotatable bonds is 7. The van der Waals surface area contributed by atoms with Crippen molar-refractivity contribution >= 4 is 28.2 Å². The fourth-order valence-corrected chi connectivity index (χ4v) is 4.32. The van der Waals surface area contributed by atoms with Gasteiger partial charge in [-0.15, -0.1) is 0 Å². The van der Waals surface area contributed by atoms with Crippen molar-refractivity contribution in [1.29, 1.82) is 0 Å². The van der Waals surface area contributed by atoms with E-state index in [1.165, 1.54) is 5.69 Å². The molecule has 9 heteroatoms. The van der Waals surface area contributed by atoms with Crippen LogP contribution in [0.3, 0.4) is 0 Å². The minimum absolute atomic E-state index is 0.130. The molecule has 0 saturated carbocycles. The summed E-state index contributed by atoms with van der Waals surface area (Å²) in [5, 5.41) is 4.24. The highest BCUT2D eigenvalue weighted by molar-refractivity contribution is 5.83. The number of fused-ring (bicyclic) bond motifs is 1. The van der Waals surface area contributed by atoms with Gasteiger partial charge in [-0.25, -0.2) is 9.97 Å². The molecule has 1 saturated heterocycles. The highest BCUT2D eigenvalue weighted by Gasteiger charge is 2.19. The van der Waals surface area contributed by atoms with Crippen molar-refractivity contribution in [1.82, 2.24) is 15.0 Å². The lowest BCUT2D eigenvalue weighted by atomic mass is 10.1. The van der Waals surface area contributed by atoms with E-state index in [0.29, 0.717) is 29.1 Å². The Hall–Kier alpha value is -4.27. The number of benzene rings is 2. The third kappa shape index (κ3) is 4.84. The Morgan fingerprint density at radius 2 is 1.57 bits per heavy atom. The molecular weight excluding hydrogens is 444 g/mol. The van der Waals surface area contributed by atoms with Crippen LogP contribution in [0, 0.1) is 0 Å². The van der Waals surface area contributed by atoms with E-state index in [2.05, 4.69) is 42.2 Å². The zero-order chi connectivity index (χ0) is 24.2. The molecule has 2 aromatic carbocycles. The standard InChI is InChI=1S/C26H28N6O3/c1-34-23-15-18-14-19(25(33)30-22(18)16-24(23)35-2)17-29-20-4-6-21(7-5-20)31-10-12-32(13-11-31)26-27-8-3-9-28-26/h3-9,14-16,29H,10-13,17H2,1-2H3,(H,30,33). The van der Waals surface area contributed by atoms with Gasteiger partial charge in [0.1, 0.15) is 0 Å². The van der Waals surface area contributed by atoms with Crippen LogP contribution < -0.4 is 30.1 Å². The van der Waals surface area contributed by atoms with Crippen molar-refractivity contribution in [3.63, 3.8) is 0 Å². The van der Waals surface area contributed by atoms with Crippen molar-refractivity contribution in [2.45, 2.75) is 6.54 Å². The van der Waals surface area contributed by atoms with Crippen LogP contribution in [0.15, 0.2) is 65.7 Å². The van der Waals surface area contributed by atoms with Crippen molar-refractivity contribution in [2.24, 2.45) is 0 Å². The number of aromatic amines is 1. The minimum Gasteiger partial charge on any atom is -0.493 e. The number of methoxy groups -OCH3 is 2. The van der Waals surface area contributed by atoms with Crippen LogP contribution in [0.1, 0.15) is 5.56 Å². The fourth-order valence-electron chi connectivity index (χ4n) is 4.32.